The summed E-state index contributed by atoms with van der Waals surface area (Å²) >= 11 is 0. The average Bonchev–Trinajstić information content (AvgIpc) is 2.48. The van der Waals surface area contributed by atoms with E-state index in [1.807, 2.05) is 0 Å². The van der Waals surface area contributed by atoms with Gasteiger partial charge in [-0.2, -0.15) is 0 Å². The second-order valence-electron chi connectivity index (χ2n) is 4.37. The summed E-state index contributed by atoms with van der Waals surface area (Å²) in [5.41, 5.74) is 0.774. The van der Waals surface area contributed by atoms with E-state index in [-0.39, 0.29) is 29.5 Å². The van der Waals surface area contributed by atoms with E-state index in [0.717, 1.165) is 0 Å². The molecule has 2 rings (SSSR count). The highest BCUT2D eigenvalue weighted by Gasteiger charge is 2.17. The highest BCUT2D eigenvalue weighted by Crippen LogP contribution is 2.28. The largest absolute Gasteiger partial charge is 0.490 e. The molecule has 0 saturated carbocycles. The van der Waals surface area contributed by atoms with Crippen LogP contribution >= 0.6 is 0 Å². The van der Waals surface area contributed by atoms with Crippen molar-refractivity contribution in [3.63, 3.8) is 0 Å². The molecule has 0 unspecified atom stereocenters. The van der Waals surface area contributed by atoms with Crippen molar-refractivity contribution in [2.45, 2.75) is 6.42 Å². The van der Waals surface area contributed by atoms with Crippen LogP contribution in [0, 0.1) is 15.9 Å². The van der Waals surface area contributed by atoms with Crippen LogP contribution in [0.2, 0.25) is 0 Å². The Morgan fingerprint density at radius 3 is 2.48 bits per heavy atom. The Morgan fingerprint density at radius 1 is 1.24 bits per heavy atom. The van der Waals surface area contributed by atoms with Gasteiger partial charge in [0, 0.05) is 18.1 Å². The number of Topliss-reactive ketones (excluding diaryl/α,β-unsaturated/α-hetero) is 1. The molecule has 2 aromatic carbocycles. The summed E-state index contributed by atoms with van der Waals surface area (Å²) < 4.78 is 17.7. The maximum atomic E-state index is 12.8. The number of ketones is 1. The molecule has 5 nitrogen and oxygen atoms in total. The summed E-state index contributed by atoms with van der Waals surface area (Å²) in [7, 11) is 1.30. The highest BCUT2D eigenvalue weighted by molar-refractivity contribution is 5.98. The van der Waals surface area contributed by atoms with Crippen LogP contribution in [0.4, 0.5) is 10.1 Å². The van der Waals surface area contributed by atoms with E-state index in [1.165, 1.54) is 49.6 Å². The number of rotatable bonds is 5. The first-order chi connectivity index (χ1) is 10.0. The molecular formula is C15H12FNO4. The van der Waals surface area contributed by atoms with Gasteiger partial charge < -0.3 is 4.74 Å². The number of nitro benzene ring substituents is 1. The van der Waals surface area contributed by atoms with Gasteiger partial charge >= 0.3 is 5.69 Å². The fraction of sp³-hybridized carbons (Fsp3) is 0.133. The lowest BCUT2D eigenvalue weighted by molar-refractivity contribution is -0.385. The zero-order chi connectivity index (χ0) is 15.4. The number of nitro groups is 1. The Morgan fingerprint density at radius 2 is 1.90 bits per heavy atom. The fourth-order valence-corrected chi connectivity index (χ4v) is 1.89. The molecule has 108 valence electrons. The van der Waals surface area contributed by atoms with E-state index in [0.29, 0.717) is 11.1 Å². The summed E-state index contributed by atoms with van der Waals surface area (Å²) in [6.07, 6.45) is 0.0846. The number of methoxy groups -OCH3 is 1. The van der Waals surface area contributed by atoms with Crippen molar-refractivity contribution < 1.29 is 18.8 Å². The van der Waals surface area contributed by atoms with Crippen LogP contribution in [0.5, 0.6) is 5.75 Å². The Hall–Kier alpha value is -2.76. The Balaban J connectivity index is 2.23. The van der Waals surface area contributed by atoms with Crippen LogP contribution in [-0.2, 0) is 6.42 Å². The van der Waals surface area contributed by atoms with Gasteiger partial charge in [0.2, 0.25) is 0 Å². The quantitative estimate of drug-likeness (QED) is 0.481. The monoisotopic (exact) mass is 289 g/mol. The average molecular weight is 289 g/mol. The highest BCUT2D eigenvalue weighted by atomic mass is 19.1. The smallest absolute Gasteiger partial charge is 0.310 e. The molecule has 0 fully saturated rings. The SMILES string of the molecule is COc1cc(C(=O)Cc2ccc(F)cc2)ccc1[N+](=O)[O-]. The van der Waals surface area contributed by atoms with Gasteiger partial charge in [-0.05, 0) is 29.8 Å². The number of carbonyl (C=O) groups excluding carboxylic acids is 1. The topological polar surface area (TPSA) is 69.4 Å². The Kier molecular flexibility index (Phi) is 4.27. The van der Waals surface area contributed by atoms with Crippen LogP contribution in [0.3, 0.4) is 0 Å². The Bertz CT molecular complexity index is 683. The van der Waals surface area contributed by atoms with E-state index in [4.69, 9.17) is 4.74 Å². The van der Waals surface area contributed by atoms with Crippen LogP contribution in [-0.4, -0.2) is 17.8 Å². The van der Waals surface area contributed by atoms with Gasteiger partial charge in [-0.25, -0.2) is 4.39 Å². The minimum atomic E-state index is -0.576. The first kappa shape index (κ1) is 14.6. The third-order valence-corrected chi connectivity index (χ3v) is 2.98. The number of ether oxygens (including phenoxy) is 1. The molecule has 0 atom stereocenters. The summed E-state index contributed by atoms with van der Waals surface area (Å²) in [5, 5.41) is 10.8. The molecule has 21 heavy (non-hydrogen) atoms. The van der Waals surface area contributed by atoms with Crippen LogP contribution < -0.4 is 4.74 Å². The minimum absolute atomic E-state index is 0.0324. The Labute approximate surface area is 120 Å². The first-order valence-electron chi connectivity index (χ1n) is 6.11. The summed E-state index contributed by atoms with van der Waals surface area (Å²) in [6.45, 7) is 0. The number of carbonyl (C=O) groups is 1. The maximum Gasteiger partial charge on any atom is 0.310 e. The zero-order valence-electron chi connectivity index (χ0n) is 11.2. The fourth-order valence-electron chi connectivity index (χ4n) is 1.89. The van der Waals surface area contributed by atoms with Crippen LogP contribution in [0.1, 0.15) is 15.9 Å². The molecule has 0 spiro atoms. The normalized spacial score (nSPS) is 10.2. The summed E-state index contributed by atoms with van der Waals surface area (Å²) in [5.74, 6) is -0.567. The maximum absolute atomic E-state index is 12.8. The molecule has 0 heterocycles. The number of hydrogen-bond acceptors (Lipinski definition) is 4. The van der Waals surface area contributed by atoms with E-state index in [2.05, 4.69) is 0 Å². The molecular weight excluding hydrogens is 277 g/mol. The number of hydrogen-bond donors (Lipinski definition) is 0. The number of benzene rings is 2. The summed E-state index contributed by atoms with van der Waals surface area (Å²) in [4.78, 5) is 22.3. The standard InChI is InChI=1S/C15H12FNO4/c1-21-15-9-11(4-7-13(15)17(19)20)14(18)8-10-2-5-12(16)6-3-10/h2-7,9H,8H2,1H3. The molecule has 0 bridgehead atoms. The van der Waals surface area contributed by atoms with Crippen molar-refractivity contribution in [3.05, 3.63) is 69.5 Å². The molecule has 0 radical (unpaired) electrons. The lowest BCUT2D eigenvalue weighted by Gasteiger charge is -2.05. The van der Waals surface area contributed by atoms with Gasteiger partial charge in [0.15, 0.2) is 11.5 Å². The van der Waals surface area contributed by atoms with Crippen LogP contribution in [0.15, 0.2) is 42.5 Å². The lowest BCUT2D eigenvalue weighted by Crippen LogP contribution is -2.05. The molecule has 0 aromatic heterocycles. The molecule has 2 aromatic rings. The molecule has 6 heteroatoms. The van der Waals surface area contributed by atoms with E-state index in [1.54, 1.807) is 0 Å². The predicted octanol–water partition coefficient (Wildman–Crippen LogP) is 3.17. The first-order valence-corrected chi connectivity index (χ1v) is 6.11. The van der Waals surface area contributed by atoms with Crippen molar-refractivity contribution in [1.29, 1.82) is 0 Å². The van der Waals surface area contributed by atoms with E-state index >= 15 is 0 Å². The molecule has 0 aliphatic carbocycles. The third kappa shape index (κ3) is 3.42. The molecule has 0 saturated heterocycles. The molecule has 0 aliphatic heterocycles. The predicted molar refractivity (Wildman–Crippen MR) is 74.1 cm³/mol. The molecule has 0 aliphatic rings. The minimum Gasteiger partial charge on any atom is -0.490 e. The third-order valence-electron chi connectivity index (χ3n) is 2.98. The van der Waals surface area contributed by atoms with Crippen molar-refractivity contribution >= 4 is 11.5 Å². The van der Waals surface area contributed by atoms with Gasteiger partial charge in [-0.1, -0.05) is 12.1 Å². The van der Waals surface area contributed by atoms with Gasteiger partial charge in [-0.3, -0.25) is 14.9 Å². The zero-order valence-corrected chi connectivity index (χ0v) is 11.2. The van der Waals surface area contributed by atoms with Crippen molar-refractivity contribution in [1.82, 2.24) is 0 Å². The van der Waals surface area contributed by atoms with Crippen molar-refractivity contribution in [2.75, 3.05) is 7.11 Å². The number of nitrogens with zero attached hydrogens (tertiary/aromatic N) is 1. The second-order valence-corrected chi connectivity index (χ2v) is 4.37. The van der Waals surface area contributed by atoms with Crippen LogP contribution in [0.25, 0.3) is 0 Å². The van der Waals surface area contributed by atoms with E-state index in [9.17, 15) is 19.3 Å². The number of halogens is 1. The van der Waals surface area contributed by atoms with Gasteiger partial charge in [0.25, 0.3) is 0 Å². The van der Waals surface area contributed by atoms with Crippen molar-refractivity contribution in [3.8, 4) is 5.75 Å². The van der Waals surface area contributed by atoms with Gasteiger partial charge in [-0.15, -0.1) is 0 Å². The second kappa shape index (κ2) is 6.13. The molecule has 0 amide bonds. The lowest BCUT2D eigenvalue weighted by atomic mass is 10.0. The van der Waals surface area contributed by atoms with Gasteiger partial charge in [0.1, 0.15) is 5.82 Å². The molecule has 0 N–H and O–H groups in total. The summed E-state index contributed by atoms with van der Waals surface area (Å²) in [6, 6.07) is 9.55. The van der Waals surface area contributed by atoms with Gasteiger partial charge in [0.05, 0.1) is 12.0 Å². The van der Waals surface area contributed by atoms with E-state index < -0.39 is 4.92 Å². The van der Waals surface area contributed by atoms with Crippen molar-refractivity contribution in [2.24, 2.45) is 0 Å².